The summed E-state index contributed by atoms with van der Waals surface area (Å²) in [5.41, 5.74) is 1.62. The van der Waals surface area contributed by atoms with Gasteiger partial charge in [-0.3, -0.25) is 4.79 Å². The first-order valence-corrected chi connectivity index (χ1v) is 12.6. The van der Waals surface area contributed by atoms with E-state index in [9.17, 15) is 13.2 Å². The van der Waals surface area contributed by atoms with Gasteiger partial charge in [-0.05, 0) is 49.6 Å². The van der Waals surface area contributed by atoms with Crippen molar-refractivity contribution >= 4 is 27.3 Å². The smallest absolute Gasteiger partial charge is 0.259 e. The molecule has 3 heterocycles. The minimum Gasteiger partial charge on any atom is -0.454 e. The Hall–Kier alpha value is -2.82. The molecule has 9 nitrogen and oxygen atoms in total. The fourth-order valence-corrected chi connectivity index (χ4v) is 5.86. The molecule has 0 saturated carbocycles. The Bertz CT molecular complexity index is 1140. The maximum atomic E-state index is 13.2. The topological polar surface area (TPSA) is 97.4 Å². The predicted molar refractivity (Wildman–Crippen MR) is 123 cm³/mol. The summed E-state index contributed by atoms with van der Waals surface area (Å²) in [5.74, 6) is 0.533. The van der Waals surface area contributed by atoms with Crippen molar-refractivity contribution in [2.24, 2.45) is 0 Å². The molecule has 176 valence electrons. The number of sulfonamides is 1. The summed E-state index contributed by atoms with van der Waals surface area (Å²) in [6.45, 7) is 3.14. The summed E-state index contributed by atoms with van der Waals surface area (Å²) in [4.78, 5) is 15.6. The second-order valence-electron chi connectivity index (χ2n) is 8.24. The summed E-state index contributed by atoms with van der Waals surface area (Å²) in [5, 5.41) is 2.95. The van der Waals surface area contributed by atoms with Crippen molar-refractivity contribution in [3.63, 3.8) is 0 Å². The van der Waals surface area contributed by atoms with Crippen LogP contribution in [0.2, 0.25) is 0 Å². The standard InChI is InChI=1S/C23H27N3O6S/c27-23(18-5-4-6-21-22(18)32-16-31-21)24-19-15-17(33(28,29)26-11-13-30-14-12-26)7-8-20(19)25-9-2-1-3-10-25/h4-8,15H,1-3,9-14,16H2,(H,24,27). The molecule has 0 aliphatic carbocycles. The van der Waals surface area contributed by atoms with E-state index >= 15 is 0 Å². The molecule has 2 aromatic rings. The van der Waals surface area contributed by atoms with Gasteiger partial charge in [-0.1, -0.05) is 6.07 Å². The van der Waals surface area contributed by atoms with Crippen LogP contribution in [-0.4, -0.2) is 64.8 Å². The van der Waals surface area contributed by atoms with E-state index in [1.165, 1.54) is 4.31 Å². The van der Waals surface area contributed by atoms with Crippen LogP contribution in [0.4, 0.5) is 11.4 Å². The Labute approximate surface area is 193 Å². The highest BCUT2D eigenvalue weighted by Gasteiger charge is 2.29. The Kier molecular flexibility index (Phi) is 6.13. The Balaban J connectivity index is 1.50. The number of nitrogens with zero attached hydrogens (tertiary/aromatic N) is 2. The van der Waals surface area contributed by atoms with Crippen LogP contribution in [0.1, 0.15) is 29.6 Å². The van der Waals surface area contributed by atoms with Crippen LogP contribution in [0.15, 0.2) is 41.3 Å². The summed E-state index contributed by atoms with van der Waals surface area (Å²) in [7, 11) is -3.70. The predicted octanol–water partition coefficient (Wildman–Crippen LogP) is 2.68. The molecule has 33 heavy (non-hydrogen) atoms. The average molecular weight is 474 g/mol. The first-order valence-electron chi connectivity index (χ1n) is 11.2. The molecule has 5 rings (SSSR count). The highest BCUT2D eigenvalue weighted by molar-refractivity contribution is 7.89. The molecular formula is C23H27N3O6S. The van der Waals surface area contributed by atoms with Crippen molar-refractivity contribution < 1.29 is 27.4 Å². The van der Waals surface area contributed by atoms with Crippen LogP contribution >= 0.6 is 0 Å². The quantitative estimate of drug-likeness (QED) is 0.713. The number of piperidine rings is 1. The first kappa shape index (κ1) is 22.0. The largest absolute Gasteiger partial charge is 0.454 e. The number of benzene rings is 2. The van der Waals surface area contributed by atoms with Gasteiger partial charge in [-0.15, -0.1) is 0 Å². The maximum Gasteiger partial charge on any atom is 0.259 e. The lowest BCUT2D eigenvalue weighted by Gasteiger charge is -2.31. The minimum absolute atomic E-state index is 0.0614. The number of carbonyl (C=O) groups is 1. The molecular weight excluding hydrogens is 446 g/mol. The van der Waals surface area contributed by atoms with E-state index in [0.29, 0.717) is 49.1 Å². The third kappa shape index (κ3) is 4.38. The number of nitrogens with one attached hydrogen (secondary N) is 1. The van der Waals surface area contributed by atoms with Gasteiger partial charge in [0.25, 0.3) is 5.91 Å². The van der Waals surface area contributed by atoms with Gasteiger partial charge in [0, 0.05) is 26.2 Å². The lowest BCUT2D eigenvalue weighted by Crippen LogP contribution is -2.40. The highest BCUT2D eigenvalue weighted by Crippen LogP contribution is 2.37. The number of fused-ring (bicyclic) bond motifs is 1. The SMILES string of the molecule is O=C(Nc1cc(S(=O)(=O)N2CCOCC2)ccc1N1CCCCC1)c1cccc2c1OCO2. The van der Waals surface area contributed by atoms with Crippen molar-refractivity contribution in [2.45, 2.75) is 24.2 Å². The van der Waals surface area contributed by atoms with Crippen molar-refractivity contribution in [2.75, 3.05) is 56.4 Å². The normalized spacial score (nSPS) is 18.8. The molecule has 2 fully saturated rings. The Morgan fingerprint density at radius 2 is 1.73 bits per heavy atom. The van der Waals surface area contributed by atoms with Crippen LogP contribution in [0.5, 0.6) is 11.5 Å². The van der Waals surface area contributed by atoms with Crippen LogP contribution < -0.4 is 19.7 Å². The number of hydrogen-bond donors (Lipinski definition) is 1. The fraction of sp³-hybridized carbons (Fsp3) is 0.435. The van der Waals surface area contributed by atoms with Crippen LogP contribution in [0.3, 0.4) is 0 Å². The number of ether oxygens (including phenoxy) is 3. The van der Waals surface area contributed by atoms with E-state index in [0.717, 1.165) is 38.0 Å². The molecule has 3 aliphatic heterocycles. The van der Waals surface area contributed by atoms with Crippen molar-refractivity contribution in [3.8, 4) is 11.5 Å². The summed E-state index contributed by atoms with van der Waals surface area (Å²) in [6.07, 6.45) is 3.27. The molecule has 0 bridgehead atoms. The van der Waals surface area contributed by atoms with E-state index < -0.39 is 10.0 Å². The monoisotopic (exact) mass is 473 g/mol. The average Bonchev–Trinajstić information content (AvgIpc) is 3.34. The number of carbonyl (C=O) groups excluding carboxylic acids is 1. The minimum atomic E-state index is -3.70. The molecule has 1 N–H and O–H groups in total. The molecule has 2 aromatic carbocycles. The molecule has 3 aliphatic rings. The van der Waals surface area contributed by atoms with Crippen molar-refractivity contribution in [3.05, 3.63) is 42.0 Å². The van der Waals surface area contributed by atoms with Gasteiger partial charge in [0.1, 0.15) is 0 Å². The van der Waals surface area contributed by atoms with E-state index in [2.05, 4.69) is 10.2 Å². The zero-order valence-electron chi connectivity index (χ0n) is 18.3. The van der Waals surface area contributed by atoms with Gasteiger partial charge in [-0.25, -0.2) is 8.42 Å². The third-order valence-corrected chi connectivity index (χ3v) is 8.06. The first-order chi connectivity index (χ1) is 16.0. The molecule has 0 spiro atoms. The number of morpholine rings is 1. The third-order valence-electron chi connectivity index (χ3n) is 6.16. The molecule has 2 saturated heterocycles. The van der Waals surface area contributed by atoms with Crippen LogP contribution in [0, 0.1) is 0 Å². The van der Waals surface area contributed by atoms with Gasteiger partial charge in [0.15, 0.2) is 11.5 Å². The van der Waals surface area contributed by atoms with E-state index in [1.807, 2.05) is 0 Å². The van der Waals surface area contributed by atoms with Gasteiger partial charge < -0.3 is 24.4 Å². The zero-order chi connectivity index (χ0) is 22.8. The number of hydrogen-bond acceptors (Lipinski definition) is 7. The molecule has 0 unspecified atom stereocenters. The summed E-state index contributed by atoms with van der Waals surface area (Å²) < 4.78 is 44.1. The molecule has 0 atom stereocenters. The van der Waals surface area contributed by atoms with Crippen LogP contribution in [0.25, 0.3) is 0 Å². The fourth-order valence-electron chi connectivity index (χ4n) is 4.42. The van der Waals surface area contributed by atoms with E-state index in [4.69, 9.17) is 14.2 Å². The van der Waals surface area contributed by atoms with Gasteiger partial charge in [0.2, 0.25) is 16.8 Å². The number of para-hydroxylation sites is 1. The van der Waals surface area contributed by atoms with E-state index in [1.54, 1.807) is 36.4 Å². The van der Waals surface area contributed by atoms with Crippen molar-refractivity contribution in [1.82, 2.24) is 4.31 Å². The lowest BCUT2D eigenvalue weighted by atomic mass is 10.1. The zero-order valence-corrected chi connectivity index (χ0v) is 19.1. The summed E-state index contributed by atoms with van der Waals surface area (Å²) in [6, 6.07) is 10.1. The van der Waals surface area contributed by atoms with Gasteiger partial charge >= 0.3 is 0 Å². The summed E-state index contributed by atoms with van der Waals surface area (Å²) >= 11 is 0. The molecule has 0 aromatic heterocycles. The van der Waals surface area contributed by atoms with Crippen molar-refractivity contribution in [1.29, 1.82) is 0 Å². The van der Waals surface area contributed by atoms with Crippen LogP contribution in [-0.2, 0) is 14.8 Å². The maximum absolute atomic E-state index is 13.2. The lowest BCUT2D eigenvalue weighted by molar-refractivity contribution is 0.0730. The Morgan fingerprint density at radius 3 is 2.52 bits per heavy atom. The molecule has 10 heteroatoms. The van der Waals surface area contributed by atoms with Gasteiger partial charge in [0.05, 0.1) is 35.0 Å². The highest BCUT2D eigenvalue weighted by atomic mass is 32.2. The second kappa shape index (κ2) is 9.20. The Morgan fingerprint density at radius 1 is 0.939 bits per heavy atom. The second-order valence-corrected chi connectivity index (χ2v) is 10.2. The number of anilines is 2. The van der Waals surface area contributed by atoms with Gasteiger partial charge in [-0.2, -0.15) is 4.31 Å². The number of amides is 1. The molecule has 1 amide bonds. The number of rotatable bonds is 5. The van der Waals surface area contributed by atoms with E-state index in [-0.39, 0.29) is 17.6 Å². The molecule has 0 radical (unpaired) electrons.